The number of sulfonamides is 1. The van der Waals surface area contributed by atoms with Gasteiger partial charge < -0.3 is 9.64 Å². The molecule has 0 amide bonds. The Morgan fingerprint density at radius 3 is 2.79 bits per heavy atom. The minimum absolute atomic E-state index is 0.0684. The molecule has 2 aromatic carbocycles. The summed E-state index contributed by atoms with van der Waals surface area (Å²) < 4.78 is 59.3. The molecule has 10 heteroatoms. The van der Waals surface area contributed by atoms with Crippen LogP contribution in [0.3, 0.4) is 0 Å². The van der Waals surface area contributed by atoms with Crippen molar-refractivity contribution in [3.8, 4) is 0 Å². The largest absolute Gasteiger partial charge is 0.454 e. The van der Waals surface area contributed by atoms with Crippen LogP contribution in [0.15, 0.2) is 45.7 Å². The standard InChI is InChI=1S/C18H14F2N2O4S2/c1-10(13-4-3-12(19)9-14(13)20)26-17(23)11-2-5-15-16(8-11)27-18-21-28(24,25)7-6-22(15)18/h2-5,8-10H,6-7H2,1H3. The van der Waals surface area contributed by atoms with Crippen LogP contribution < -0.4 is 4.90 Å². The molecule has 4 rings (SSSR count). The van der Waals surface area contributed by atoms with Gasteiger partial charge in [0.2, 0.25) is 0 Å². The fourth-order valence-electron chi connectivity index (χ4n) is 2.98. The smallest absolute Gasteiger partial charge is 0.338 e. The fourth-order valence-corrected chi connectivity index (χ4v) is 5.28. The van der Waals surface area contributed by atoms with Crippen molar-refractivity contribution in [2.45, 2.75) is 17.9 Å². The Labute approximate surface area is 164 Å². The maximum atomic E-state index is 13.9. The molecule has 2 aliphatic heterocycles. The Kier molecular flexibility index (Phi) is 4.62. The van der Waals surface area contributed by atoms with Crippen molar-refractivity contribution in [1.29, 1.82) is 0 Å². The first kappa shape index (κ1) is 18.9. The predicted octanol–water partition coefficient (Wildman–Crippen LogP) is 3.49. The van der Waals surface area contributed by atoms with E-state index in [1.165, 1.54) is 13.0 Å². The van der Waals surface area contributed by atoms with Crippen LogP contribution in [-0.2, 0) is 14.8 Å². The zero-order chi connectivity index (χ0) is 20.1. The minimum Gasteiger partial charge on any atom is -0.454 e. The zero-order valence-corrected chi connectivity index (χ0v) is 16.2. The predicted molar refractivity (Wildman–Crippen MR) is 101 cm³/mol. The zero-order valence-electron chi connectivity index (χ0n) is 14.6. The average Bonchev–Trinajstić information content (AvgIpc) is 2.96. The van der Waals surface area contributed by atoms with E-state index in [2.05, 4.69) is 4.40 Å². The molecule has 0 aromatic heterocycles. The van der Waals surface area contributed by atoms with Gasteiger partial charge >= 0.3 is 5.97 Å². The molecule has 0 bridgehead atoms. The van der Waals surface area contributed by atoms with E-state index in [1.54, 1.807) is 23.1 Å². The second-order valence-corrected chi connectivity index (χ2v) is 9.07. The number of nitrogens with zero attached hydrogens (tertiary/aromatic N) is 2. The number of ether oxygens (including phenoxy) is 1. The molecule has 0 saturated carbocycles. The van der Waals surface area contributed by atoms with Crippen LogP contribution in [0, 0.1) is 11.6 Å². The van der Waals surface area contributed by atoms with Crippen molar-refractivity contribution in [3.05, 3.63) is 59.2 Å². The molecule has 0 fully saturated rings. The van der Waals surface area contributed by atoms with Gasteiger partial charge in [-0.1, -0.05) is 0 Å². The topological polar surface area (TPSA) is 76.0 Å². The monoisotopic (exact) mass is 424 g/mol. The first-order chi connectivity index (χ1) is 13.2. The van der Waals surface area contributed by atoms with Gasteiger partial charge in [-0.05, 0) is 49.0 Å². The number of anilines is 1. The minimum atomic E-state index is -3.46. The molecule has 6 nitrogen and oxygen atoms in total. The number of rotatable bonds is 3. The molecule has 2 heterocycles. The van der Waals surface area contributed by atoms with Crippen molar-refractivity contribution in [1.82, 2.24) is 0 Å². The highest BCUT2D eigenvalue weighted by molar-refractivity contribution is 8.15. The molecular formula is C18H14F2N2O4S2. The van der Waals surface area contributed by atoms with Crippen molar-refractivity contribution < 1.29 is 26.7 Å². The molecule has 0 N–H and O–H groups in total. The lowest BCUT2D eigenvalue weighted by Crippen LogP contribution is -2.35. The summed E-state index contributed by atoms with van der Waals surface area (Å²) in [5, 5.41) is 0.355. The summed E-state index contributed by atoms with van der Waals surface area (Å²) >= 11 is 1.16. The van der Waals surface area contributed by atoms with Gasteiger partial charge in [0.25, 0.3) is 10.0 Å². The second-order valence-electron chi connectivity index (χ2n) is 6.31. The molecule has 28 heavy (non-hydrogen) atoms. The number of carbonyl (C=O) groups is 1. The molecule has 2 aromatic rings. The average molecular weight is 424 g/mol. The Balaban J connectivity index is 1.55. The molecule has 0 saturated heterocycles. The third kappa shape index (κ3) is 3.49. The number of carbonyl (C=O) groups excluding carboxylic acids is 1. The van der Waals surface area contributed by atoms with E-state index >= 15 is 0 Å². The molecule has 1 unspecified atom stereocenters. The van der Waals surface area contributed by atoms with Gasteiger partial charge in [0.1, 0.15) is 17.7 Å². The third-order valence-corrected chi connectivity index (χ3v) is 6.70. The highest BCUT2D eigenvalue weighted by atomic mass is 32.2. The van der Waals surface area contributed by atoms with Crippen LogP contribution in [0.1, 0.15) is 28.9 Å². The lowest BCUT2D eigenvalue weighted by molar-refractivity contribution is 0.0331. The molecule has 1 atom stereocenters. The van der Waals surface area contributed by atoms with E-state index < -0.39 is 33.7 Å². The van der Waals surface area contributed by atoms with Gasteiger partial charge in [-0.3, -0.25) is 0 Å². The van der Waals surface area contributed by atoms with E-state index in [0.29, 0.717) is 16.6 Å². The second kappa shape index (κ2) is 6.85. The van der Waals surface area contributed by atoms with Crippen LogP contribution in [0.25, 0.3) is 0 Å². The van der Waals surface area contributed by atoms with Crippen LogP contribution in [-0.4, -0.2) is 31.9 Å². The van der Waals surface area contributed by atoms with Crippen molar-refractivity contribution in [3.63, 3.8) is 0 Å². The van der Waals surface area contributed by atoms with E-state index in [-0.39, 0.29) is 16.9 Å². The van der Waals surface area contributed by atoms with Gasteiger partial charge in [-0.25, -0.2) is 22.0 Å². The fraction of sp³-hybridized carbons (Fsp3) is 0.222. The number of hydrogen-bond donors (Lipinski definition) is 0. The molecule has 146 valence electrons. The Morgan fingerprint density at radius 2 is 2.04 bits per heavy atom. The summed E-state index contributed by atoms with van der Waals surface area (Å²) in [6.07, 6.45) is -0.908. The lowest BCUT2D eigenvalue weighted by Gasteiger charge is -2.22. The SMILES string of the molecule is CC(OC(=O)c1ccc2c(c1)SC1=NS(=O)(=O)CCN12)c1ccc(F)cc1F. The number of thioether (sulfide) groups is 1. The number of esters is 1. The molecule has 0 spiro atoms. The number of halogens is 2. The summed E-state index contributed by atoms with van der Waals surface area (Å²) in [6, 6.07) is 7.90. The van der Waals surface area contributed by atoms with E-state index in [4.69, 9.17) is 4.74 Å². The third-order valence-electron chi connectivity index (χ3n) is 4.39. The maximum Gasteiger partial charge on any atom is 0.338 e. The van der Waals surface area contributed by atoms with Crippen LogP contribution >= 0.6 is 11.8 Å². The molecule has 2 aliphatic rings. The number of amidine groups is 1. The van der Waals surface area contributed by atoms with Gasteiger partial charge in [0, 0.05) is 23.1 Å². The first-order valence-electron chi connectivity index (χ1n) is 8.31. The van der Waals surface area contributed by atoms with Gasteiger partial charge in [0.05, 0.1) is 17.0 Å². The normalized spacial score (nSPS) is 18.1. The molecule has 0 radical (unpaired) electrons. The van der Waals surface area contributed by atoms with Gasteiger partial charge in [0.15, 0.2) is 5.17 Å². The molecule has 0 aliphatic carbocycles. The van der Waals surface area contributed by atoms with Crippen LogP contribution in [0.2, 0.25) is 0 Å². The van der Waals surface area contributed by atoms with Crippen LogP contribution in [0.5, 0.6) is 0 Å². The maximum absolute atomic E-state index is 13.9. The summed E-state index contributed by atoms with van der Waals surface area (Å²) in [5.74, 6) is -2.24. The van der Waals surface area contributed by atoms with Crippen molar-refractivity contribution >= 4 is 38.6 Å². The number of benzene rings is 2. The van der Waals surface area contributed by atoms with E-state index in [0.717, 1.165) is 29.6 Å². The summed E-state index contributed by atoms with van der Waals surface area (Å²) in [7, 11) is -3.46. The van der Waals surface area contributed by atoms with Gasteiger partial charge in [-0.15, -0.1) is 4.40 Å². The summed E-state index contributed by atoms with van der Waals surface area (Å²) in [6.45, 7) is 1.79. The summed E-state index contributed by atoms with van der Waals surface area (Å²) in [4.78, 5) is 14.9. The van der Waals surface area contributed by atoms with Crippen molar-refractivity contribution in [2.24, 2.45) is 4.40 Å². The number of fused-ring (bicyclic) bond motifs is 3. The van der Waals surface area contributed by atoms with Crippen molar-refractivity contribution in [2.75, 3.05) is 17.2 Å². The van der Waals surface area contributed by atoms with E-state index in [1.807, 2.05) is 0 Å². The lowest BCUT2D eigenvalue weighted by atomic mass is 10.1. The Hall–Kier alpha value is -2.46. The summed E-state index contributed by atoms with van der Waals surface area (Å²) in [5.41, 5.74) is 1.08. The highest BCUT2D eigenvalue weighted by Gasteiger charge is 2.33. The van der Waals surface area contributed by atoms with E-state index in [9.17, 15) is 22.0 Å². The van der Waals surface area contributed by atoms with Crippen LogP contribution in [0.4, 0.5) is 14.5 Å². The molecular weight excluding hydrogens is 410 g/mol. The Bertz CT molecular complexity index is 1120. The van der Waals surface area contributed by atoms with Gasteiger partial charge in [-0.2, -0.15) is 0 Å². The first-order valence-corrected chi connectivity index (χ1v) is 10.7. The highest BCUT2D eigenvalue weighted by Crippen LogP contribution is 2.42. The quantitative estimate of drug-likeness (QED) is 0.702. The number of hydrogen-bond acceptors (Lipinski definition) is 6. The Morgan fingerprint density at radius 1 is 1.25 bits per heavy atom.